The van der Waals surface area contributed by atoms with Crippen LogP contribution in [0.3, 0.4) is 0 Å². The van der Waals surface area contributed by atoms with E-state index in [0.29, 0.717) is 12.2 Å². The molecule has 1 N–H and O–H groups in total. The van der Waals surface area contributed by atoms with E-state index in [4.69, 9.17) is 5.26 Å². The maximum atomic E-state index is 12.9. The highest BCUT2D eigenvalue weighted by Gasteiger charge is 2.33. The number of anilines is 1. The highest BCUT2D eigenvalue weighted by Crippen LogP contribution is 2.33. The van der Waals surface area contributed by atoms with Crippen LogP contribution in [0.2, 0.25) is 0 Å². The van der Waals surface area contributed by atoms with Crippen LogP contribution in [0.1, 0.15) is 30.9 Å². The average Bonchev–Trinajstić information content (AvgIpc) is 2.97. The third-order valence-corrected chi connectivity index (χ3v) is 3.81. The fraction of sp³-hybridized carbons (Fsp3) is 0.533. The van der Waals surface area contributed by atoms with E-state index in [1.54, 1.807) is 6.07 Å². The molecule has 114 valence electrons. The van der Waals surface area contributed by atoms with E-state index in [-0.39, 0.29) is 11.6 Å². The first-order valence-electron chi connectivity index (χ1n) is 7.01. The molecule has 3 nitrogen and oxygen atoms in total. The highest BCUT2D eigenvalue weighted by molar-refractivity contribution is 5.53. The van der Waals surface area contributed by atoms with E-state index in [1.807, 2.05) is 0 Å². The molecule has 21 heavy (non-hydrogen) atoms. The van der Waals surface area contributed by atoms with E-state index >= 15 is 0 Å². The topological polar surface area (TPSA) is 39.1 Å². The zero-order chi connectivity index (χ0) is 15.5. The van der Waals surface area contributed by atoms with E-state index < -0.39 is 11.7 Å². The summed E-state index contributed by atoms with van der Waals surface area (Å²) in [5, 5.41) is 11.8. The van der Waals surface area contributed by atoms with Crippen molar-refractivity contribution in [2.45, 2.75) is 32.0 Å². The molecule has 1 aromatic carbocycles. The monoisotopic (exact) mass is 297 g/mol. The van der Waals surface area contributed by atoms with Crippen molar-refractivity contribution in [1.82, 2.24) is 4.90 Å². The Morgan fingerprint density at radius 1 is 1.33 bits per heavy atom. The number of likely N-dealkylation sites (tertiary alicyclic amines) is 1. The lowest BCUT2D eigenvalue weighted by Gasteiger charge is -2.24. The van der Waals surface area contributed by atoms with Gasteiger partial charge in [-0.25, -0.2) is 0 Å². The van der Waals surface area contributed by atoms with Crippen LogP contribution in [-0.4, -0.2) is 30.6 Å². The van der Waals surface area contributed by atoms with Crippen LogP contribution in [0.15, 0.2) is 18.2 Å². The zero-order valence-corrected chi connectivity index (χ0v) is 11.9. The van der Waals surface area contributed by atoms with Crippen molar-refractivity contribution in [1.29, 1.82) is 5.26 Å². The molecule has 0 aromatic heterocycles. The third kappa shape index (κ3) is 3.88. The van der Waals surface area contributed by atoms with Gasteiger partial charge in [-0.3, -0.25) is 4.90 Å². The first kappa shape index (κ1) is 15.6. The summed E-state index contributed by atoms with van der Waals surface area (Å²) in [6.45, 7) is 4.74. The quantitative estimate of drug-likeness (QED) is 0.925. The molecule has 0 radical (unpaired) electrons. The van der Waals surface area contributed by atoms with Gasteiger partial charge in [0.1, 0.15) is 0 Å². The van der Waals surface area contributed by atoms with Gasteiger partial charge in [-0.2, -0.15) is 18.4 Å². The van der Waals surface area contributed by atoms with Gasteiger partial charge < -0.3 is 5.32 Å². The standard InChI is InChI=1S/C15H18F3N3/c1-11(21-6-2-3-7-21)10-20-13-5-4-12(9-19)14(8-13)15(16,17)18/h4-5,8,11,20H,2-3,6-7,10H2,1H3. The Kier molecular flexibility index (Phi) is 4.73. The van der Waals surface area contributed by atoms with Gasteiger partial charge in [0.15, 0.2) is 0 Å². The first-order valence-corrected chi connectivity index (χ1v) is 7.01. The molecule has 1 aliphatic rings. The van der Waals surface area contributed by atoms with Gasteiger partial charge >= 0.3 is 6.18 Å². The van der Waals surface area contributed by atoms with Crippen molar-refractivity contribution in [3.63, 3.8) is 0 Å². The number of hydrogen-bond donors (Lipinski definition) is 1. The van der Waals surface area contributed by atoms with Crippen LogP contribution in [-0.2, 0) is 6.18 Å². The van der Waals surface area contributed by atoms with Crippen LogP contribution in [0.25, 0.3) is 0 Å². The molecule has 2 rings (SSSR count). The molecule has 1 aromatic rings. The minimum atomic E-state index is -4.51. The van der Waals surface area contributed by atoms with E-state index in [1.165, 1.54) is 25.0 Å². The van der Waals surface area contributed by atoms with Gasteiger partial charge in [-0.15, -0.1) is 0 Å². The summed E-state index contributed by atoms with van der Waals surface area (Å²) in [5.74, 6) is 0. The summed E-state index contributed by atoms with van der Waals surface area (Å²) in [6.07, 6.45) is -2.15. The van der Waals surface area contributed by atoms with Gasteiger partial charge in [0.25, 0.3) is 0 Å². The molecule has 1 fully saturated rings. The van der Waals surface area contributed by atoms with Gasteiger partial charge in [0.2, 0.25) is 0 Å². The number of rotatable bonds is 4. The third-order valence-electron chi connectivity index (χ3n) is 3.81. The van der Waals surface area contributed by atoms with Crippen LogP contribution in [0.4, 0.5) is 18.9 Å². The van der Waals surface area contributed by atoms with Crippen molar-refractivity contribution in [3.8, 4) is 6.07 Å². The SMILES string of the molecule is CC(CNc1ccc(C#N)c(C(F)(F)F)c1)N1CCCC1. The maximum absolute atomic E-state index is 12.9. The van der Waals surface area contributed by atoms with Crippen LogP contribution < -0.4 is 5.32 Å². The molecule has 1 unspecified atom stereocenters. The molecule has 1 atom stereocenters. The molecule has 1 heterocycles. The maximum Gasteiger partial charge on any atom is 0.417 e. The number of nitriles is 1. The second kappa shape index (κ2) is 6.35. The summed E-state index contributed by atoms with van der Waals surface area (Å²) >= 11 is 0. The van der Waals surface area contributed by atoms with E-state index in [0.717, 1.165) is 19.2 Å². The Morgan fingerprint density at radius 2 is 2.00 bits per heavy atom. The first-order chi connectivity index (χ1) is 9.91. The molecule has 0 saturated carbocycles. The second-order valence-electron chi connectivity index (χ2n) is 5.34. The highest BCUT2D eigenvalue weighted by atomic mass is 19.4. The van der Waals surface area contributed by atoms with Gasteiger partial charge in [-0.05, 0) is 51.1 Å². The van der Waals surface area contributed by atoms with E-state index in [2.05, 4.69) is 17.1 Å². The number of halogens is 3. The predicted octanol–water partition coefficient (Wildman–Crippen LogP) is 3.47. The summed E-state index contributed by atoms with van der Waals surface area (Å²) in [5.41, 5.74) is -0.836. The van der Waals surface area contributed by atoms with Crippen molar-refractivity contribution in [2.24, 2.45) is 0 Å². The molecule has 1 aliphatic heterocycles. The molecular weight excluding hydrogens is 279 g/mol. The number of benzene rings is 1. The summed E-state index contributed by atoms with van der Waals surface area (Å²) in [4.78, 5) is 2.32. The smallest absolute Gasteiger partial charge is 0.383 e. The largest absolute Gasteiger partial charge is 0.417 e. The molecule has 0 amide bonds. The fourth-order valence-electron chi connectivity index (χ4n) is 2.56. The number of nitrogens with zero attached hydrogens (tertiary/aromatic N) is 2. The Hall–Kier alpha value is -1.74. The molecule has 1 saturated heterocycles. The van der Waals surface area contributed by atoms with Gasteiger partial charge in [0.05, 0.1) is 17.2 Å². The molecule has 0 aliphatic carbocycles. The summed E-state index contributed by atoms with van der Waals surface area (Å²) in [6, 6.07) is 5.60. The average molecular weight is 297 g/mol. The lowest BCUT2D eigenvalue weighted by Crippen LogP contribution is -2.35. The second-order valence-corrected chi connectivity index (χ2v) is 5.34. The number of alkyl halides is 3. The lowest BCUT2D eigenvalue weighted by atomic mass is 10.1. The summed E-state index contributed by atoms with van der Waals surface area (Å²) < 4.78 is 38.6. The van der Waals surface area contributed by atoms with Crippen molar-refractivity contribution in [3.05, 3.63) is 29.3 Å². The Bertz CT molecular complexity index is 528. The van der Waals surface area contributed by atoms with E-state index in [9.17, 15) is 13.2 Å². The zero-order valence-electron chi connectivity index (χ0n) is 11.9. The normalized spacial score (nSPS) is 17.5. The van der Waals surface area contributed by atoms with Gasteiger partial charge in [0, 0.05) is 18.3 Å². The molecule has 0 spiro atoms. The fourth-order valence-corrected chi connectivity index (χ4v) is 2.56. The van der Waals surface area contributed by atoms with Crippen molar-refractivity contribution >= 4 is 5.69 Å². The van der Waals surface area contributed by atoms with Crippen LogP contribution in [0.5, 0.6) is 0 Å². The van der Waals surface area contributed by atoms with Crippen LogP contribution in [0, 0.1) is 11.3 Å². The molecule has 6 heteroatoms. The number of nitrogens with one attached hydrogen (secondary N) is 1. The Morgan fingerprint density at radius 3 is 2.57 bits per heavy atom. The summed E-state index contributed by atoms with van der Waals surface area (Å²) in [7, 11) is 0. The molecular formula is C15H18F3N3. The van der Waals surface area contributed by atoms with Crippen LogP contribution >= 0.6 is 0 Å². The minimum absolute atomic E-state index is 0.275. The molecule has 0 bridgehead atoms. The van der Waals surface area contributed by atoms with Gasteiger partial charge in [-0.1, -0.05) is 0 Å². The number of hydrogen-bond acceptors (Lipinski definition) is 3. The Balaban J connectivity index is 2.05. The predicted molar refractivity (Wildman–Crippen MR) is 74.9 cm³/mol. The Labute approximate surface area is 122 Å². The lowest BCUT2D eigenvalue weighted by molar-refractivity contribution is -0.137. The van der Waals surface area contributed by atoms with Crippen molar-refractivity contribution in [2.75, 3.05) is 25.0 Å². The minimum Gasteiger partial charge on any atom is -0.383 e. The van der Waals surface area contributed by atoms with Crippen molar-refractivity contribution < 1.29 is 13.2 Å².